The van der Waals surface area contributed by atoms with Crippen LogP contribution in [0, 0.1) is 5.82 Å². The molecule has 2 atom stereocenters. The van der Waals surface area contributed by atoms with Crippen LogP contribution in [0.4, 0.5) is 10.2 Å². The van der Waals surface area contributed by atoms with E-state index in [2.05, 4.69) is 20.2 Å². The number of ether oxygens (including phenoxy) is 1. The number of benzene rings is 1. The summed E-state index contributed by atoms with van der Waals surface area (Å²) in [7, 11) is 0. The molecule has 0 aliphatic carbocycles. The fourth-order valence-electron chi connectivity index (χ4n) is 3.71. The van der Waals surface area contributed by atoms with Gasteiger partial charge in [0.2, 0.25) is 0 Å². The molecule has 1 aromatic carbocycles. The van der Waals surface area contributed by atoms with E-state index in [1.807, 2.05) is 12.1 Å². The van der Waals surface area contributed by atoms with Gasteiger partial charge in [-0.1, -0.05) is 12.1 Å². The van der Waals surface area contributed by atoms with Crippen molar-refractivity contribution in [2.45, 2.75) is 31.0 Å². The molecule has 5 nitrogen and oxygen atoms in total. The van der Waals surface area contributed by atoms with Gasteiger partial charge in [0.25, 0.3) is 0 Å². The van der Waals surface area contributed by atoms with E-state index in [4.69, 9.17) is 4.74 Å². The molecule has 0 radical (unpaired) electrons. The van der Waals surface area contributed by atoms with Crippen molar-refractivity contribution in [2.75, 3.05) is 25.0 Å². The van der Waals surface area contributed by atoms with Gasteiger partial charge in [-0.2, -0.15) is 0 Å². The van der Waals surface area contributed by atoms with E-state index in [9.17, 15) is 4.39 Å². The Balaban J connectivity index is 1.33. The first-order valence-corrected chi connectivity index (χ1v) is 8.34. The zero-order chi connectivity index (χ0) is 16.4. The third-order valence-electron chi connectivity index (χ3n) is 4.84. The molecule has 3 heterocycles. The molecule has 2 aliphatic heterocycles. The highest BCUT2D eigenvalue weighted by Crippen LogP contribution is 2.36. The largest absolute Gasteiger partial charge is 0.371 e. The Morgan fingerprint density at radius 2 is 2.17 bits per heavy atom. The number of likely N-dealkylation sites (tertiary alicyclic amines) is 1. The number of hydrogen-bond donors (Lipinski definition) is 1. The van der Waals surface area contributed by atoms with E-state index in [1.165, 1.54) is 12.1 Å². The second-order valence-electron chi connectivity index (χ2n) is 6.72. The van der Waals surface area contributed by atoms with Crippen LogP contribution in [0.2, 0.25) is 0 Å². The molecule has 1 N–H and O–H groups in total. The minimum absolute atomic E-state index is 0.0695. The third kappa shape index (κ3) is 3.39. The van der Waals surface area contributed by atoms with E-state index in [0.29, 0.717) is 6.61 Å². The van der Waals surface area contributed by atoms with Crippen molar-refractivity contribution in [1.29, 1.82) is 0 Å². The molecule has 2 fully saturated rings. The summed E-state index contributed by atoms with van der Waals surface area (Å²) in [5.41, 5.74) is 1.07. The molecule has 0 saturated carbocycles. The second kappa shape index (κ2) is 6.45. The van der Waals surface area contributed by atoms with Crippen LogP contribution in [0.25, 0.3) is 0 Å². The van der Waals surface area contributed by atoms with Crippen LogP contribution in [-0.2, 0) is 11.3 Å². The lowest BCUT2D eigenvalue weighted by atomic mass is 9.97. The average molecular weight is 328 g/mol. The molecule has 2 aliphatic rings. The van der Waals surface area contributed by atoms with Crippen molar-refractivity contribution in [3.8, 4) is 0 Å². The van der Waals surface area contributed by atoms with Gasteiger partial charge in [-0.05, 0) is 24.1 Å². The van der Waals surface area contributed by atoms with Crippen molar-refractivity contribution in [3.63, 3.8) is 0 Å². The number of anilines is 1. The molecule has 4 rings (SSSR count). The summed E-state index contributed by atoms with van der Waals surface area (Å²) in [6, 6.07) is 7.03. The van der Waals surface area contributed by atoms with Crippen LogP contribution in [0.5, 0.6) is 0 Å². The summed E-state index contributed by atoms with van der Waals surface area (Å²) in [6.07, 6.45) is 7.10. The highest BCUT2D eigenvalue weighted by atomic mass is 19.1. The van der Waals surface area contributed by atoms with E-state index < -0.39 is 0 Å². The van der Waals surface area contributed by atoms with Crippen LogP contribution in [0.1, 0.15) is 18.4 Å². The lowest BCUT2D eigenvalue weighted by Gasteiger charge is -2.23. The van der Waals surface area contributed by atoms with Gasteiger partial charge >= 0.3 is 0 Å². The van der Waals surface area contributed by atoms with Gasteiger partial charge in [0.05, 0.1) is 24.4 Å². The second-order valence-corrected chi connectivity index (χ2v) is 6.72. The zero-order valence-electron chi connectivity index (χ0n) is 13.5. The molecule has 6 heteroatoms. The number of rotatable bonds is 4. The summed E-state index contributed by atoms with van der Waals surface area (Å²) in [4.78, 5) is 10.7. The first-order chi connectivity index (χ1) is 11.7. The average Bonchev–Trinajstić information content (AvgIpc) is 3.17. The molecule has 126 valence electrons. The molecular weight excluding hydrogens is 307 g/mol. The van der Waals surface area contributed by atoms with Crippen molar-refractivity contribution in [2.24, 2.45) is 0 Å². The van der Waals surface area contributed by atoms with Gasteiger partial charge in [-0.25, -0.2) is 9.37 Å². The zero-order valence-corrected chi connectivity index (χ0v) is 13.5. The van der Waals surface area contributed by atoms with Gasteiger partial charge in [-0.3, -0.25) is 9.88 Å². The fraction of sp³-hybridized carbons (Fsp3) is 0.444. The Hall–Kier alpha value is -2.05. The molecule has 24 heavy (non-hydrogen) atoms. The van der Waals surface area contributed by atoms with Crippen molar-refractivity contribution >= 4 is 5.82 Å². The maximum Gasteiger partial charge on any atom is 0.144 e. The highest BCUT2D eigenvalue weighted by molar-refractivity contribution is 5.32. The van der Waals surface area contributed by atoms with E-state index in [1.54, 1.807) is 18.6 Å². The quantitative estimate of drug-likeness (QED) is 0.934. The van der Waals surface area contributed by atoms with E-state index in [-0.39, 0.29) is 17.5 Å². The lowest BCUT2D eigenvalue weighted by Crippen LogP contribution is -2.33. The van der Waals surface area contributed by atoms with Gasteiger partial charge in [-0.15, -0.1) is 0 Å². The first kappa shape index (κ1) is 15.5. The highest BCUT2D eigenvalue weighted by Gasteiger charge is 2.45. The van der Waals surface area contributed by atoms with Gasteiger partial charge < -0.3 is 10.1 Å². The van der Waals surface area contributed by atoms with Gasteiger partial charge in [0, 0.05) is 38.4 Å². The van der Waals surface area contributed by atoms with Crippen LogP contribution in [0.3, 0.4) is 0 Å². The molecule has 2 aromatic rings. The van der Waals surface area contributed by atoms with Crippen molar-refractivity contribution < 1.29 is 9.13 Å². The lowest BCUT2D eigenvalue weighted by molar-refractivity contribution is 0.0120. The predicted octanol–water partition coefficient (Wildman–Crippen LogP) is 2.46. The molecule has 0 amide bonds. The topological polar surface area (TPSA) is 50.3 Å². The van der Waals surface area contributed by atoms with Crippen LogP contribution >= 0.6 is 0 Å². The SMILES string of the molecule is Fc1ccc(CN2CC[C@]3(C[C@@H](Nc4cnccn4)CO3)C2)cc1. The smallest absolute Gasteiger partial charge is 0.144 e. The van der Waals surface area contributed by atoms with Gasteiger partial charge in [0.15, 0.2) is 0 Å². The standard InChI is InChI=1S/C18H21FN4O/c19-15-3-1-14(2-4-15)11-23-8-5-18(13-23)9-16(12-24-18)22-17-10-20-6-7-21-17/h1-4,6-7,10,16H,5,8-9,11-13H2,(H,21,22)/t16-,18+/m1/s1. The van der Waals surface area contributed by atoms with Crippen molar-refractivity contribution in [3.05, 3.63) is 54.2 Å². The summed E-state index contributed by atoms with van der Waals surface area (Å²) in [5, 5.41) is 3.40. The normalized spacial score (nSPS) is 27.0. The molecule has 0 unspecified atom stereocenters. The Morgan fingerprint density at radius 3 is 2.96 bits per heavy atom. The summed E-state index contributed by atoms with van der Waals surface area (Å²) in [5.74, 6) is 0.609. The predicted molar refractivity (Wildman–Crippen MR) is 89.0 cm³/mol. The van der Waals surface area contributed by atoms with Crippen LogP contribution < -0.4 is 5.32 Å². The molecule has 0 bridgehead atoms. The Kier molecular flexibility index (Phi) is 4.16. The molecule has 1 aromatic heterocycles. The summed E-state index contributed by atoms with van der Waals surface area (Å²) in [6.45, 7) is 3.47. The van der Waals surface area contributed by atoms with E-state index >= 15 is 0 Å². The number of aromatic nitrogens is 2. The monoisotopic (exact) mass is 328 g/mol. The van der Waals surface area contributed by atoms with Crippen LogP contribution in [0.15, 0.2) is 42.9 Å². The maximum absolute atomic E-state index is 13.0. The molecule has 2 saturated heterocycles. The number of hydrogen-bond acceptors (Lipinski definition) is 5. The number of halogens is 1. The minimum atomic E-state index is -0.186. The number of nitrogens with zero attached hydrogens (tertiary/aromatic N) is 3. The fourth-order valence-corrected chi connectivity index (χ4v) is 3.71. The summed E-state index contributed by atoms with van der Waals surface area (Å²) >= 11 is 0. The minimum Gasteiger partial charge on any atom is -0.371 e. The Labute approximate surface area is 140 Å². The van der Waals surface area contributed by atoms with E-state index in [0.717, 1.165) is 43.9 Å². The third-order valence-corrected chi connectivity index (χ3v) is 4.84. The molecular formula is C18H21FN4O. The molecule has 1 spiro atoms. The van der Waals surface area contributed by atoms with Crippen molar-refractivity contribution in [1.82, 2.24) is 14.9 Å². The van der Waals surface area contributed by atoms with Crippen LogP contribution in [-0.4, -0.2) is 46.2 Å². The number of nitrogens with one attached hydrogen (secondary N) is 1. The Morgan fingerprint density at radius 1 is 1.29 bits per heavy atom. The first-order valence-electron chi connectivity index (χ1n) is 8.34. The Bertz CT molecular complexity index is 681. The summed E-state index contributed by atoms with van der Waals surface area (Å²) < 4.78 is 19.2. The maximum atomic E-state index is 13.0. The van der Waals surface area contributed by atoms with Gasteiger partial charge in [0.1, 0.15) is 11.6 Å².